The summed E-state index contributed by atoms with van der Waals surface area (Å²) in [7, 11) is 3.80. The summed E-state index contributed by atoms with van der Waals surface area (Å²) in [6.07, 6.45) is 10.9. The van der Waals surface area contributed by atoms with Gasteiger partial charge in [-0.1, -0.05) is 17.7 Å². The number of carbonyl (C=O) groups is 1. The van der Waals surface area contributed by atoms with Crippen molar-refractivity contribution in [1.82, 2.24) is 24.3 Å². The number of ether oxygens (including phenoxy) is 1. The van der Waals surface area contributed by atoms with Crippen LogP contribution in [0.1, 0.15) is 37.2 Å². The number of hydrazone groups is 1. The average molecular weight is 518 g/mol. The van der Waals surface area contributed by atoms with E-state index in [9.17, 15) is 4.79 Å². The van der Waals surface area contributed by atoms with Gasteiger partial charge in [0.25, 0.3) is 0 Å². The van der Waals surface area contributed by atoms with Gasteiger partial charge in [-0.25, -0.2) is 14.3 Å². The van der Waals surface area contributed by atoms with Crippen LogP contribution < -0.4 is 5.32 Å². The Hall–Kier alpha value is -3.85. The van der Waals surface area contributed by atoms with E-state index < -0.39 is 0 Å². The number of aromatic nitrogens is 4. The van der Waals surface area contributed by atoms with Crippen molar-refractivity contribution in [3.8, 4) is 11.3 Å². The molecule has 0 amide bonds. The molecule has 1 unspecified atom stereocenters. The van der Waals surface area contributed by atoms with Crippen molar-refractivity contribution in [2.45, 2.75) is 37.7 Å². The average Bonchev–Trinajstić information content (AvgIpc) is 3.67. The van der Waals surface area contributed by atoms with E-state index in [4.69, 9.17) is 16.3 Å². The van der Waals surface area contributed by atoms with E-state index in [1.807, 2.05) is 61.8 Å². The van der Waals surface area contributed by atoms with Crippen LogP contribution in [0.3, 0.4) is 0 Å². The zero-order valence-electron chi connectivity index (χ0n) is 20.8. The minimum atomic E-state index is -0.386. The molecule has 0 bridgehead atoms. The number of rotatable bonds is 5. The predicted molar refractivity (Wildman–Crippen MR) is 145 cm³/mol. The highest BCUT2D eigenvalue weighted by atomic mass is 35.5. The Morgan fingerprint density at radius 3 is 2.68 bits per heavy atom. The molecule has 2 aliphatic rings. The molecule has 1 saturated carbocycles. The maximum atomic E-state index is 13.4. The lowest BCUT2D eigenvalue weighted by Crippen LogP contribution is -2.20. The summed E-state index contributed by atoms with van der Waals surface area (Å²) in [5.74, 6) is 0.793. The first-order valence-corrected chi connectivity index (χ1v) is 12.9. The first kappa shape index (κ1) is 23.5. The summed E-state index contributed by atoms with van der Waals surface area (Å²) in [6.45, 7) is 0.828. The van der Waals surface area contributed by atoms with Gasteiger partial charge >= 0.3 is 6.09 Å². The van der Waals surface area contributed by atoms with Crippen LogP contribution in [0.5, 0.6) is 0 Å². The maximum Gasteiger partial charge on any atom is 0.419 e. The fourth-order valence-electron chi connectivity index (χ4n) is 5.10. The molecule has 6 rings (SSSR count). The molecule has 1 aliphatic carbocycles. The third kappa shape index (κ3) is 4.67. The number of nitrogens with one attached hydrogen (secondary N) is 1. The predicted octanol–water partition coefficient (Wildman–Crippen LogP) is 5.78. The van der Waals surface area contributed by atoms with E-state index in [1.54, 1.807) is 21.6 Å². The van der Waals surface area contributed by atoms with Crippen molar-refractivity contribution in [2.75, 3.05) is 18.9 Å². The Balaban J connectivity index is 1.34. The highest BCUT2D eigenvalue weighted by molar-refractivity contribution is 6.33. The van der Waals surface area contributed by atoms with Gasteiger partial charge in [0.1, 0.15) is 11.9 Å². The molecule has 3 aromatic heterocycles. The van der Waals surface area contributed by atoms with Crippen molar-refractivity contribution in [2.24, 2.45) is 12.1 Å². The minimum absolute atomic E-state index is 0.0480. The number of hydrogen-bond acceptors (Lipinski definition) is 7. The number of halogens is 1. The Morgan fingerprint density at radius 2 is 1.97 bits per heavy atom. The molecule has 1 aliphatic heterocycles. The summed E-state index contributed by atoms with van der Waals surface area (Å²) < 4.78 is 9.24. The number of fused-ring (bicyclic) bond motifs is 1. The van der Waals surface area contributed by atoms with Crippen LogP contribution in [0, 0.1) is 0 Å². The lowest BCUT2D eigenvalue weighted by Gasteiger charge is -2.15. The lowest BCUT2D eigenvalue weighted by molar-refractivity contribution is 0.104. The first-order valence-electron chi connectivity index (χ1n) is 12.5. The number of carbonyl (C=O) groups excluding carboxylic acids is 1. The van der Waals surface area contributed by atoms with Crippen LogP contribution in [-0.4, -0.2) is 56.3 Å². The van der Waals surface area contributed by atoms with E-state index in [0.717, 1.165) is 60.1 Å². The van der Waals surface area contributed by atoms with Gasteiger partial charge < -0.3 is 10.1 Å². The summed E-state index contributed by atoms with van der Waals surface area (Å²) in [4.78, 5) is 18.0. The van der Waals surface area contributed by atoms with Crippen LogP contribution in [0.15, 0.2) is 54.0 Å². The molecule has 1 atom stereocenters. The van der Waals surface area contributed by atoms with E-state index in [0.29, 0.717) is 16.4 Å². The second-order valence-corrected chi connectivity index (χ2v) is 10.2. The molecule has 0 saturated heterocycles. The maximum absolute atomic E-state index is 13.4. The molecule has 9 nitrogen and oxygen atoms in total. The quantitative estimate of drug-likeness (QED) is 0.361. The summed E-state index contributed by atoms with van der Waals surface area (Å²) >= 11 is 6.64. The molecule has 37 heavy (non-hydrogen) atoms. The monoisotopic (exact) mass is 517 g/mol. The number of likely N-dealkylation sites (N-methyl/N-ethyl adjacent to an activating group) is 1. The number of aryl methyl sites for hydroxylation is 1. The van der Waals surface area contributed by atoms with Crippen LogP contribution in [0.2, 0.25) is 5.02 Å². The van der Waals surface area contributed by atoms with Gasteiger partial charge in [0.2, 0.25) is 0 Å². The zero-order valence-corrected chi connectivity index (χ0v) is 21.5. The van der Waals surface area contributed by atoms with Crippen molar-refractivity contribution in [3.63, 3.8) is 0 Å². The largest absolute Gasteiger partial charge is 0.446 e. The molecule has 0 spiro atoms. The van der Waals surface area contributed by atoms with E-state index in [2.05, 4.69) is 20.5 Å². The zero-order chi connectivity index (χ0) is 25.5. The van der Waals surface area contributed by atoms with Gasteiger partial charge in [0.05, 0.1) is 28.1 Å². The number of anilines is 2. The van der Waals surface area contributed by atoms with Gasteiger partial charge in [-0.3, -0.25) is 9.69 Å². The summed E-state index contributed by atoms with van der Waals surface area (Å²) in [6, 6.07) is 9.75. The molecule has 1 aromatic carbocycles. The number of benzene rings is 1. The van der Waals surface area contributed by atoms with E-state index in [1.165, 1.54) is 0 Å². The van der Waals surface area contributed by atoms with Gasteiger partial charge in [0, 0.05) is 62.2 Å². The Morgan fingerprint density at radius 1 is 1.14 bits per heavy atom. The van der Waals surface area contributed by atoms with Gasteiger partial charge in [-0.15, -0.1) is 0 Å². The molecule has 0 radical (unpaired) electrons. The normalized spacial score (nSPS) is 17.7. The minimum Gasteiger partial charge on any atom is -0.446 e. The highest BCUT2D eigenvalue weighted by Crippen LogP contribution is 2.33. The number of nitrogens with zero attached hydrogens (tertiary/aromatic N) is 6. The SMILES string of the molecule is CN1CC(c2ccc(Nc3cc4c(cn3)cc(-c3cnn(C)c3)n4C(=O)OC3CCCC3)c(Cl)c2)C=N1. The summed E-state index contributed by atoms with van der Waals surface area (Å²) in [5, 5.41) is 15.3. The van der Waals surface area contributed by atoms with Crippen LogP contribution in [0.25, 0.3) is 22.2 Å². The van der Waals surface area contributed by atoms with Crippen molar-refractivity contribution in [1.29, 1.82) is 0 Å². The molecule has 1 fully saturated rings. The molecular formula is C27H28ClN7O2. The molecule has 10 heteroatoms. The van der Waals surface area contributed by atoms with E-state index >= 15 is 0 Å². The molecule has 4 heterocycles. The number of hydrogen-bond donors (Lipinski definition) is 1. The standard InChI is InChI=1S/C27H28ClN7O2/c1-33-15-19(13-30-33)17-7-8-23(22(28)9-17)32-26-11-25-18(12-29-26)10-24(20-14-31-34(2)16-20)35(25)27(36)37-21-5-3-4-6-21/h7-14,16,19,21H,3-6,15H2,1-2H3,(H,29,32). The second kappa shape index (κ2) is 9.55. The molecule has 1 N–H and O–H groups in total. The van der Waals surface area contributed by atoms with Crippen molar-refractivity contribution >= 4 is 46.3 Å². The smallest absolute Gasteiger partial charge is 0.419 e. The fourth-order valence-corrected chi connectivity index (χ4v) is 5.34. The lowest BCUT2D eigenvalue weighted by atomic mass is 10.0. The fraction of sp³-hybridized carbons (Fsp3) is 0.333. The van der Waals surface area contributed by atoms with Crippen LogP contribution in [-0.2, 0) is 11.8 Å². The Bertz CT molecular complexity index is 1500. The highest BCUT2D eigenvalue weighted by Gasteiger charge is 2.25. The second-order valence-electron chi connectivity index (χ2n) is 9.76. The molecule has 4 aromatic rings. The third-order valence-electron chi connectivity index (χ3n) is 7.03. The molecular weight excluding hydrogens is 490 g/mol. The summed E-state index contributed by atoms with van der Waals surface area (Å²) in [5.41, 5.74) is 4.10. The van der Waals surface area contributed by atoms with Crippen LogP contribution in [0.4, 0.5) is 16.3 Å². The Kier molecular flexibility index (Phi) is 6.08. The van der Waals surface area contributed by atoms with E-state index in [-0.39, 0.29) is 18.1 Å². The van der Waals surface area contributed by atoms with Gasteiger partial charge in [-0.05, 0) is 49.4 Å². The van der Waals surface area contributed by atoms with Crippen LogP contribution >= 0.6 is 11.6 Å². The third-order valence-corrected chi connectivity index (χ3v) is 7.34. The molecule has 190 valence electrons. The van der Waals surface area contributed by atoms with Crippen molar-refractivity contribution < 1.29 is 9.53 Å². The van der Waals surface area contributed by atoms with Gasteiger partial charge in [0.15, 0.2) is 0 Å². The van der Waals surface area contributed by atoms with Gasteiger partial charge in [-0.2, -0.15) is 10.2 Å². The topological polar surface area (TPSA) is 89.6 Å². The first-order chi connectivity index (χ1) is 17.9. The Labute approximate surface area is 219 Å². The number of pyridine rings is 1. The van der Waals surface area contributed by atoms with Crippen molar-refractivity contribution in [3.05, 3.63) is 59.5 Å².